The van der Waals surface area contributed by atoms with Gasteiger partial charge in [0.05, 0.1) is 0 Å². The second kappa shape index (κ2) is 5.75. The topological polar surface area (TPSA) is 29.3 Å². The molecule has 0 heterocycles. The van der Waals surface area contributed by atoms with Crippen LogP contribution in [0.25, 0.3) is 0 Å². The fourth-order valence-corrected chi connectivity index (χ4v) is 3.35. The minimum Gasteiger partial charge on any atom is -0.374 e. The first-order valence-corrected chi connectivity index (χ1v) is 7.10. The Morgan fingerprint density at radius 2 is 1.94 bits per heavy atom. The fraction of sp³-hybridized carbons (Fsp3) is 0.625. The zero-order valence-electron chi connectivity index (χ0n) is 11.9. The van der Waals surface area contributed by atoms with Crippen molar-refractivity contribution >= 4 is 5.69 Å². The van der Waals surface area contributed by atoms with Crippen molar-refractivity contribution in [3.05, 3.63) is 29.3 Å². The summed E-state index contributed by atoms with van der Waals surface area (Å²) in [5.74, 6) is 1.51. The van der Waals surface area contributed by atoms with Crippen molar-refractivity contribution in [2.24, 2.45) is 17.6 Å². The number of aryl methyl sites for hydroxylation is 2. The van der Waals surface area contributed by atoms with E-state index in [0.29, 0.717) is 0 Å². The van der Waals surface area contributed by atoms with Crippen molar-refractivity contribution in [2.75, 3.05) is 25.0 Å². The van der Waals surface area contributed by atoms with E-state index in [-0.39, 0.29) is 0 Å². The van der Waals surface area contributed by atoms with Crippen LogP contribution < -0.4 is 10.6 Å². The van der Waals surface area contributed by atoms with Crippen LogP contribution in [0.15, 0.2) is 18.2 Å². The van der Waals surface area contributed by atoms with Gasteiger partial charge >= 0.3 is 0 Å². The Hall–Kier alpha value is -1.02. The number of rotatable bonds is 4. The molecule has 100 valence electrons. The van der Waals surface area contributed by atoms with Crippen LogP contribution in [-0.4, -0.2) is 20.1 Å². The highest BCUT2D eigenvalue weighted by molar-refractivity contribution is 5.53. The van der Waals surface area contributed by atoms with Crippen LogP contribution in [0.1, 0.15) is 30.4 Å². The Morgan fingerprint density at radius 1 is 1.22 bits per heavy atom. The molecule has 0 spiro atoms. The van der Waals surface area contributed by atoms with E-state index in [9.17, 15) is 0 Å². The van der Waals surface area contributed by atoms with Crippen LogP contribution in [0.4, 0.5) is 5.69 Å². The molecule has 2 unspecified atom stereocenters. The van der Waals surface area contributed by atoms with E-state index in [4.69, 9.17) is 5.73 Å². The van der Waals surface area contributed by atoms with Gasteiger partial charge in [-0.1, -0.05) is 24.1 Å². The maximum atomic E-state index is 5.87. The lowest BCUT2D eigenvalue weighted by atomic mass is 9.95. The Balaban J connectivity index is 2.05. The van der Waals surface area contributed by atoms with Gasteiger partial charge in [-0.05, 0) is 56.7 Å². The number of hydrogen-bond acceptors (Lipinski definition) is 2. The van der Waals surface area contributed by atoms with Gasteiger partial charge in [-0.25, -0.2) is 0 Å². The SMILES string of the molecule is Cc1ccc(N(C)CC2CCCC2CN)c(C)c1. The molecule has 2 atom stereocenters. The second-order valence-corrected chi connectivity index (χ2v) is 5.86. The molecule has 1 aromatic rings. The summed E-state index contributed by atoms with van der Waals surface area (Å²) in [6, 6.07) is 6.71. The molecule has 2 N–H and O–H groups in total. The molecule has 1 aliphatic rings. The zero-order chi connectivity index (χ0) is 13.1. The first-order valence-electron chi connectivity index (χ1n) is 7.10. The van der Waals surface area contributed by atoms with E-state index < -0.39 is 0 Å². The molecule has 18 heavy (non-hydrogen) atoms. The van der Waals surface area contributed by atoms with E-state index in [0.717, 1.165) is 24.9 Å². The summed E-state index contributed by atoms with van der Waals surface area (Å²) in [4.78, 5) is 2.41. The number of nitrogens with zero attached hydrogens (tertiary/aromatic N) is 1. The lowest BCUT2D eigenvalue weighted by Gasteiger charge is -2.28. The summed E-state index contributed by atoms with van der Waals surface area (Å²) in [7, 11) is 2.21. The van der Waals surface area contributed by atoms with Crippen molar-refractivity contribution in [1.82, 2.24) is 0 Å². The third-order valence-electron chi connectivity index (χ3n) is 4.39. The van der Waals surface area contributed by atoms with E-state index in [1.54, 1.807) is 0 Å². The highest BCUT2D eigenvalue weighted by Crippen LogP contribution is 2.32. The minimum absolute atomic E-state index is 0.734. The molecule has 0 amide bonds. The number of hydrogen-bond donors (Lipinski definition) is 1. The normalized spacial score (nSPS) is 23.3. The van der Waals surface area contributed by atoms with E-state index in [1.807, 2.05) is 0 Å². The van der Waals surface area contributed by atoms with Crippen LogP contribution in [-0.2, 0) is 0 Å². The molecule has 0 aliphatic heterocycles. The number of nitrogens with two attached hydrogens (primary N) is 1. The molecule has 1 aliphatic carbocycles. The Bertz CT molecular complexity index is 400. The summed E-state index contributed by atoms with van der Waals surface area (Å²) >= 11 is 0. The van der Waals surface area contributed by atoms with E-state index in [2.05, 4.69) is 44.0 Å². The van der Waals surface area contributed by atoms with Gasteiger partial charge in [0.2, 0.25) is 0 Å². The lowest BCUT2D eigenvalue weighted by Crippen LogP contribution is -2.30. The second-order valence-electron chi connectivity index (χ2n) is 5.86. The van der Waals surface area contributed by atoms with Crippen molar-refractivity contribution in [1.29, 1.82) is 0 Å². The highest BCUT2D eigenvalue weighted by atomic mass is 15.1. The summed E-state index contributed by atoms with van der Waals surface area (Å²) in [5.41, 5.74) is 9.95. The molecule has 2 rings (SSSR count). The molecule has 0 radical (unpaired) electrons. The summed E-state index contributed by atoms with van der Waals surface area (Å²) < 4.78 is 0. The first-order chi connectivity index (χ1) is 8.61. The molecule has 1 fully saturated rings. The highest BCUT2D eigenvalue weighted by Gasteiger charge is 2.27. The van der Waals surface area contributed by atoms with E-state index in [1.165, 1.54) is 36.1 Å². The third-order valence-corrected chi connectivity index (χ3v) is 4.39. The zero-order valence-corrected chi connectivity index (χ0v) is 11.9. The minimum atomic E-state index is 0.734. The largest absolute Gasteiger partial charge is 0.374 e. The predicted molar refractivity (Wildman–Crippen MR) is 79.1 cm³/mol. The Labute approximate surface area is 111 Å². The van der Waals surface area contributed by atoms with Crippen LogP contribution in [0.2, 0.25) is 0 Å². The monoisotopic (exact) mass is 246 g/mol. The predicted octanol–water partition coefficient (Wildman–Crippen LogP) is 3.11. The standard InChI is InChI=1S/C16H26N2/c1-12-7-8-16(13(2)9-12)18(3)11-15-6-4-5-14(15)10-17/h7-9,14-15H,4-6,10-11,17H2,1-3H3. The summed E-state index contributed by atoms with van der Waals surface area (Å²) in [5, 5.41) is 0. The maximum Gasteiger partial charge on any atom is 0.0393 e. The smallest absolute Gasteiger partial charge is 0.0393 e. The molecule has 0 aromatic heterocycles. The first kappa shape index (κ1) is 13.4. The molecule has 2 heteroatoms. The van der Waals surface area contributed by atoms with Gasteiger partial charge in [0.1, 0.15) is 0 Å². The summed E-state index contributed by atoms with van der Waals surface area (Å²) in [6.45, 7) is 6.35. The summed E-state index contributed by atoms with van der Waals surface area (Å²) in [6.07, 6.45) is 4.02. The lowest BCUT2D eigenvalue weighted by molar-refractivity contribution is 0.400. The van der Waals surface area contributed by atoms with Gasteiger partial charge < -0.3 is 10.6 Å². The Morgan fingerprint density at radius 3 is 2.61 bits per heavy atom. The van der Waals surface area contributed by atoms with Crippen LogP contribution >= 0.6 is 0 Å². The molecule has 1 saturated carbocycles. The van der Waals surface area contributed by atoms with Gasteiger partial charge in [0.25, 0.3) is 0 Å². The molecule has 0 bridgehead atoms. The maximum absolute atomic E-state index is 5.87. The van der Waals surface area contributed by atoms with Crippen molar-refractivity contribution < 1.29 is 0 Å². The van der Waals surface area contributed by atoms with Crippen molar-refractivity contribution in [3.8, 4) is 0 Å². The molecule has 1 aromatic carbocycles. The van der Waals surface area contributed by atoms with Crippen LogP contribution in [0.5, 0.6) is 0 Å². The van der Waals surface area contributed by atoms with E-state index >= 15 is 0 Å². The molecule has 2 nitrogen and oxygen atoms in total. The van der Waals surface area contributed by atoms with Gasteiger partial charge in [-0.15, -0.1) is 0 Å². The van der Waals surface area contributed by atoms with Gasteiger partial charge in [0.15, 0.2) is 0 Å². The van der Waals surface area contributed by atoms with Crippen molar-refractivity contribution in [2.45, 2.75) is 33.1 Å². The van der Waals surface area contributed by atoms with Gasteiger partial charge in [-0.3, -0.25) is 0 Å². The van der Waals surface area contributed by atoms with Gasteiger partial charge in [0, 0.05) is 19.3 Å². The average molecular weight is 246 g/mol. The quantitative estimate of drug-likeness (QED) is 0.884. The third kappa shape index (κ3) is 2.86. The molecular formula is C16H26N2. The molecule has 0 saturated heterocycles. The molecular weight excluding hydrogens is 220 g/mol. The number of anilines is 1. The van der Waals surface area contributed by atoms with Gasteiger partial charge in [-0.2, -0.15) is 0 Å². The number of benzene rings is 1. The van der Waals surface area contributed by atoms with Crippen molar-refractivity contribution in [3.63, 3.8) is 0 Å². The fourth-order valence-electron chi connectivity index (χ4n) is 3.35. The van der Waals surface area contributed by atoms with Crippen LogP contribution in [0.3, 0.4) is 0 Å². The van der Waals surface area contributed by atoms with Crippen LogP contribution in [0, 0.1) is 25.7 Å². The Kier molecular flexibility index (Phi) is 4.28. The average Bonchev–Trinajstić information content (AvgIpc) is 2.76.